The van der Waals surface area contributed by atoms with Crippen LogP contribution in [0.1, 0.15) is 5.56 Å². The number of nitrogens with zero attached hydrogens (tertiary/aromatic N) is 6. The van der Waals surface area contributed by atoms with Crippen LogP contribution < -0.4 is 14.9 Å². The Hall–Kier alpha value is -3.26. The number of benzene rings is 1. The summed E-state index contributed by atoms with van der Waals surface area (Å²) in [5.41, 5.74) is 3.17. The molecule has 3 aromatic heterocycles. The molecule has 0 spiro atoms. The number of morpholine rings is 1. The SMILES string of the molecule is CNc1ncc(-c2nc(N3CCOCC3)c3nc(-c4cccc(CNS(C)(=O)=O)c4)sc3n2)cn1. The second-order valence-corrected chi connectivity index (χ2v) is 10.8. The molecule has 0 amide bonds. The van der Waals surface area contributed by atoms with Crippen molar-refractivity contribution < 1.29 is 13.2 Å². The highest BCUT2D eigenvalue weighted by Crippen LogP contribution is 2.35. The van der Waals surface area contributed by atoms with Gasteiger partial charge in [-0.3, -0.25) is 0 Å². The minimum atomic E-state index is -3.29. The average Bonchev–Trinajstić information content (AvgIpc) is 3.32. The van der Waals surface area contributed by atoms with Gasteiger partial charge in [0.05, 0.1) is 25.0 Å². The highest BCUT2D eigenvalue weighted by Gasteiger charge is 2.22. The van der Waals surface area contributed by atoms with Crippen molar-refractivity contribution in [3.05, 3.63) is 42.2 Å². The van der Waals surface area contributed by atoms with E-state index in [1.54, 1.807) is 19.4 Å². The third-order valence-electron chi connectivity index (χ3n) is 5.40. The first-order chi connectivity index (χ1) is 16.9. The number of ether oxygens (including phenoxy) is 1. The first kappa shape index (κ1) is 23.5. The molecule has 5 rings (SSSR count). The average molecular weight is 513 g/mol. The van der Waals surface area contributed by atoms with E-state index in [4.69, 9.17) is 19.7 Å². The van der Waals surface area contributed by atoms with Gasteiger partial charge in [0.25, 0.3) is 0 Å². The lowest BCUT2D eigenvalue weighted by Gasteiger charge is -2.28. The Morgan fingerprint density at radius 2 is 1.86 bits per heavy atom. The van der Waals surface area contributed by atoms with Gasteiger partial charge in [-0.05, 0) is 11.6 Å². The fraction of sp³-hybridized carbons (Fsp3) is 0.318. The van der Waals surface area contributed by atoms with Crippen molar-refractivity contribution in [3.8, 4) is 22.0 Å². The maximum Gasteiger partial charge on any atom is 0.222 e. The van der Waals surface area contributed by atoms with Gasteiger partial charge in [0.2, 0.25) is 16.0 Å². The van der Waals surface area contributed by atoms with Crippen LogP contribution in [0.2, 0.25) is 0 Å². The number of aromatic nitrogens is 5. The van der Waals surface area contributed by atoms with Crippen molar-refractivity contribution in [2.75, 3.05) is 49.8 Å². The minimum absolute atomic E-state index is 0.211. The molecule has 0 bridgehead atoms. The number of rotatable bonds is 7. The van der Waals surface area contributed by atoms with E-state index in [-0.39, 0.29) is 6.54 Å². The van der Waals surface area contributed by atoms with E-state index in [0.717, 1.165) is 38.6 Å². The van der Waals surface area contributed by atoms with Gasteiger partial charge in [-0.25, -0.2) is 38.1 Å². The number of thiazole rings is 1. The lowest BCUT2D eigenvalue weighted by atomic mass is 10.1. The van der Waals surface area contributed by atoms with Crippen LogP contribution in [0.4, 0.5) is 11.8 Å². The first-order valence-electron chi connectivity index (χ1n) is 10.9. The molecule has 11 nitrogen and oxygen atoms in total. The molecule has 4 aromatic rings. The zero-order valence-corrected chi connectivity index (χ0v) is 20.9. The van der Waals surface area contributed by atoms with Crippen molar-refractivity contribution in [1.82, 2.24) is 29.6 Å². The maximum absolute atomic E-state index is 11.5. The molecule has 1 fully saturated rings. The standard InChI is InChI=1S/C22H24N8O3S2/c1-23-22-24-12-16(13-25-22)18-28-19(30-6-8-33-9-7-30)17-21(29-18)34-20(27-17)15-5-3-4-14(10-15)11-26-35(2,31)32/h3-5,10,12-13,26H,6-9,11H2,1-2H3,(H,23,24,25). The smallest absolute Gasteiger partial charge is 0.222 e. The Morgan fingerprint density at radius 1 is 1.09 bits per heavy atom. The van der Waals surface area contributed by atoms with Crippen LogP contribution >= 0.6 is 11.3 Å². The zero-order valence-electron chi connectivity index (χ0n) is 19.2. The summed E-state index contributed by atoms with van der Waals surface area (Å²) in [4.78, 5) is 26.1. The van der Waals surface area contributed by atoms with E-state index < -0.39 is 10.0 Å². The molecule has 1 aliphatic rings. The van der Waals surface area contributed by atoms with Crippen LogP contribution in [0, 0.1) is 0 Å². The van der Waals surface area contributed by atoms with E-state index in [1.807, 2.05) is 24.3 Å². The van der Waals surface area contributed by atoms with E-state index in [1.165, 1.54) is 11.3 Å². The molecule has 0 atom stereocenters. The molecule has 182 valence electrons. The molecule has 0 aliphatic carbocycles. The van der Waals surface area contributed by atoms with Gasteiger partial charge in [0.15, 0.2) is 11.6 Å². The van der Waals surface area contributed by atoms with E-state index in [9.17, 15) is 8.42 Å². The number of hydrogen-bond acceptors (Lipinski definition) is 11. The summed E-state index contributed by atoms with van der Waals surface area (Å²) in [6.07, 6.45) is 4.54. The van der Waals surface area contributed by atoms with Crippen molar-refractivity contribution >= 4 is 43.5 Å². The molecule has 0 unspecified atom stereocenters. The van der Waals surface area contributed by atoms with E-state index >= 15 is 0 Å². The van der Waals surface area contributed by atoms with Gasteiger partial charge in [0.1, 0.15) is 15.4 Å². The van der Waals surface area contributed by atoms with Crippen LogP contribution in [-0.2, 0) is 21.3 Å². The van der Waals surface area contributed by atoms with E-state index in [0.29, 0.717) is 43.6 Å². The molecule has 0 radical (unpaired) electrons. The summed E-state index contributed by atoms with van der Waals surface area (Å²) in [6, 6.07) is 7.65. The number of nitrogens with one attached hydrogen (secondary N) is 2. The Kier molecular flexibility index (Phi) is 6.56. The summed E-state index contributed by atoms with van der Waals surface area (Å²) in [6.45, 7) is 2.87. The monoisotopic (exact) mass is 512 g/mol. The van der Waals surface area contributed by atoms with Crippen LogP contribution in [0.3, 0.4) is 0 Å². The van der Waals surface area contributed by atoms with Gasteiger partial charge < -0.3 is 15.0 Å². The summed E-state index contributed by atoms with van der Waals surface area (Å²) in [7, 11) is -1.52. The van der Waals surface area contributed by atoms with Gasteiger partial charge in [-0.1, -0.05) is 29.5 Å². The summed E-state index contributed by atoms with van der Waals surface area (Å²) in [5.74, 6) is 1.81. The lowest BCUT2D eigenvalue weighted by molar-refractivity contribution is 0.122. The van der Waals surface area contributed by atoms with Crippen LogP contribution in [0.15, 0.2) is 36.7 Å². The number of hydrogen-bond donors (Lipinski definition) is 2. The molecule has 4 heterocycles. The zero-order chi connectivity index (χ0) is 24.4. The first-order valence-corrected chi connectivity index (χ1v) is 13.7. The largest absolute Gasteiger partial charge is 0.378 e. The highest BCUT2D eigenvalue weighted by molar-refractivity contribution is 7.88. The van der Waals surface area contributed by atoms with Crippen molar-refractivity contribution in [2.45, 2.75) is 6.54 Å². The molecule has 35 heavy (non-hydrogen) atoms. The Morgan fingerprint density at radius 3 is 2.57 bits per heavy atom. The number of sulfonamides is 1. The van der Waals surface area contributed by atoms with Crippen molar-refractivity contribution in [2.24, 2.45) is 0 Å². The summed E-state index contributed by atoms with van der Waals surface area (Å²) >= 11 is 1.47. The third-order valence-corrected chi connectivity index (χ3v) is 7.06. The number of anilines is 2. The predicted molar refractivity (Wildman–Crippen MR) is 136 cm³/mol. The van der Waals surface area contributed by atoms with Crippen LogP contribution in [0.25, 0.3) is 32.3 Å². The second-order valence-electron chi connectivity index (χ2n) is 7.98. The molecule has 1 aliphatic heterocycles. The minimum Gasteiger partial charge on any atom is -0.378 e. The fourth-order valence-corrected chi connectivity index (χ4v) is 5.02. The summed E-state index contributed by atoms with van der Waals surface area (Å²) < 4.78 is 31.0. The van der Waals surface area contributed by atoms with Crippen molar-refractivity contribution in [3.63, 3.8) is 0 Å². The topological polar surface area (TPSA) is 135 Å². The van der Waals surface area contributed by atoms with E-state index in [2.05, 4.69) is 24.9 Å². The Labute approximate surface area is 206 Å². The molecular weight excluding hydrogens is 488 g/mol. The van der Waals surface area contributed by atoms with Gasteiger partial charge in [-0.15, -0.1) is 0 Å². The summed E-state index contributed by atoms with van der Waals surface area (Å²) in [5, 5.41) is 3.69. The molecule has 0 saturated carbocycles. The predicted octanol–water partition coefficient (Wildman–Crippen LogP) is 2.14. The van der Waals surface area contributed by atoms with Gasteiger partial charge in [0, 0.05) is 44.6 Å². The van der Waals surface area contributed by atoms with Crippen molar-refractivity contribution in [1.29, 1.82) is 0 Å². The van der Waals surface area contributed by atoms with Crippen LogP contribution in [-0.4, -0.2) is 72.9 Å². The van der Waals surface area contributed by atoms with Crippen LogP contribution in [0.5, 0.6) is 0 Å². The molecule has 1 aromatic carbocycles. The maximum atomic E-state index is 11.5. The molecule has 1 saturated heterocycles. The third kappa shape index (κ3) is 5.37. The fourth-order valence-electron chi connectivity index (χ4n) is 3.66. The Bertz CT molecular complexity index is 1450. The molecule has 13 heteroatoms. The Balaban J connectivity index is 1.57. The van der Waals surface area contributed by atoms with Gasteiger partial charge in [-0.2, -0.15) is 0 Å². The normalized spacial score (nSPS) is 14.4. The number of fused-ring (bicyclic) bond motifs is 1. The quantitative estimate of drug-likeness (QED) is 0.379. The molecular formula is C22H24N8O3S2. The van der Waals surface area contributed by atoms with Gasteiger partial charge >= 0.3 is 0 Å². The lowest BCUT2D eigenvalue weighted by Crippen LogP contribution is -2.37. The molecule has 2 N–H and O–H groups in total. The second kappa shape index (κ2) is 9.77. The highest BCUT2D eigenvalue weighted by atomic mass is 32.2.